The molecule has 8 heteroatoms. The van der Waals surface area contributed by atoms with Crippen LogP contribution in [0.2, 0.25) is 0 Å². The average molecular weight is 382 g/mol. The highest BCUT2D eigenvalue weighted by Gasteiger charge is 2.39. The van der Waals surface area contributed by atoms with E-state index < -0.39 is 11.9 Å². The van der Waals surface area contributed by atoms with Crippen molar-refractivity contribution < 1.29 is 18.8 Å². The van der Waals surface area contributed by atoms with Gasteiger partial charge in [0.2, 0.25) is 11.8 Å². The Kier molecular flexibility index (Phi) is 5.29. The third-order valence-corrected chi connectivity index (χ3v) is 5.42. The number of piperidine rings is 2. The largest absolute Gasteiger partial charge is 0.322 e. The molecule has 2 N–H and O–H groups in total. The molecule has 1 aromatic carbocycles. The Balaban J connectivity index is 0.00000196. The number of hydrogen-bond donors (Lipinski definition) is 2. The quantitative estimate of drug-likeness (QED) is 0.760. The Hall–Kier alpha value is -1.99. The zero-order valence-corrected chi connectivity index (χ0v) is 15.0. The van der Waals surface area contributed by atoms with Crippen molar-refractivity contribution in [2.24, 2.45) is 0 Å². The van der Waals surface area contributed by atoms with Gasteiger partial charge >= 0.3 is 0 Å². The summed E-state index contributed by atoms with van der Waals surface area (Å²) in [4.78, 5) is 37.5. The highest BCUT2D eigenvalue weighted by molar-refractivity contribution is 6.05. The summed E-state index contributed by atoms with van der Waals surface area (Å²) in [5, 5.41) is 5.54. The van der Waals surface area contributed by atoms with Crippen LogP contribution >= 0.6 is 12.4 Å². The Morgan fingerprint density at radius 2 is 1.81 bits per heavy atom. The standard InChI is InChI=1S/C18H20FN3O3.ClH/c19-14-8-13-11(7-12(14)10-3-5-20-6-4-10)9-22(18(13)25)15-1-2-16(23)21-17(15)24;/h7-8,10,15,20H,1-6,9H2,(H,21,23,24);1H. The van der Waals surface area contributed by atoms with Crippen LogP contribution in [-0.2, 0) is 16.1 Å². The highest BCUT2D eigenvalue weighted by atomic mass is 35.5. The van der Waals surface area contributed by atoms with E-state index in [1.807, 2.05) is 0 Å². The molecule has 3 heterocycles. The summed E-state index contributed by atoms with van der Waals surface area (Å²) >= 11 is 0. The normalized spacial score (nSPS) is 23.5. The zero-order chi connectivity index (χ0) is 17.6. The first-order valence-electron chi connectivity index (χ1n) is 8.72. The smallest absolute Gasteiger partial charge is 0.255 e. The van der Waals surface area contributed by atoms with Crippen molar-refractivity contribution in [3.63, 3.8) is 0 Å². The fraction of sp³-hybridized carbons (Fsp3) is 0.500. The van der Waals surface area contributed by atoms with Crippen molar-refractivity contribution >= 4 is 30.1 Å². The van der Waals surface area contributed by atoms with E-state index in [4.69, 9.17) is 0 Å². The Bertz CT molecular complexity index is 764. The van der Waals surface area contributed by atoms with Crippen LogP contribution in [0.15, 0.2) is 12.1 Å². The van der Waals surface area contributed by atoms with E-state index >= 15 is 0 Å². The van der Waals surface area contributed by atoms with Crippen LogP contribution in [0.3, 0.4) is 0 Å². The maximum absolute atomic E-state index is 14.6. The molecule has 26 heavy (non-hydrogen) atoms. The lowest BCUT2D eigenvalue weighted by molar-refractivity contribution is -0.136. The second kappa shape index (κ2) is 7.32. The van der Waals surface area contributed by atoms with Crippen molar-refractivity contribution in [1.82, 2.24) is 15.5 Å². The number of benzene rings is 1. The van der Waals surface area contributed by atoms with Crippen LogP contribution in [0.5, 0.6) is 0 Å². The summed E-state index contributed by atoms with van der Waals surface area (Å²) < 4.78 is 14.6. The first kappa shape index (κ1) is 18.8. The predicted octanol–water partition coefficient (Wildman–Crippen LogP) is 1.48. The fourth-order valence-electron chi connectivity index (χ4n) is 4.05. The van der Waals surface area contributed by atoms with E-state index in [1.165, 1.54) is 11.0 Å². The Morgan fingerprint density at radius 3 is 2.50 bits per heavy atom. The molecule has 3 aliphatic rings. The first-order chi connectivity index (χ1) is 12.0. The first-order valence-corrected chi connectivity index (χ1v) is 8.72. The predicted molar refractivity (Wildman–Crippen MR) is 94.5 cm³/mol. The van der Waals surface area contributed by atoms with E-state index in [2.05, 4.69) is 10.6 Å². The van der Waals surface area contributed by atoms with Crippen molar-refractivity contribution in [1.29, 1.82) is 0 Å². The number of rotatable bonds is 2. The number of nitrogens with one attached hydrogen (secondary N) is 2. The van der Waals surface area contributed by atoms with Gasteiger partial charge in [-0.25, -0.2) is 4.39 Å². The molecular formula is C18H21ClFN3O3. The van der Waals surface area contributed by atoms with E-state index in [1.54, 1.807) is 6.07 Å². The number of halogens is 2. The summed E-state index contributed by atoms with van der Waals surface area (Å²) in [6, 6.07) is 2.45. The number of amides is 3. The van der Waals surface area contributed by atoms with E-state index in [9.17, 15) is 18.8 Å². The average Bonchev–Trinajstić information content (AvgIpc) is 2.91. The third kappa shape index (κ3) is 3.21. The molecule has 3 amide bonds. The molecule has 0 aromatic heterocycles. The molecule has 0 bridgehead atoms. The monoisotopic (exact) mass is 381 g/mol. The van der Waals surface area contributed by atoms with Gasteiger partial charge in [-0.1, -0.05) is 6.07 Å². The molecule has 2 saturated heterocycles. The number of nitrogens with zero attached hydrogens (tertiary/aromatic N) is 1. The molecule has 0 aliphatic carbocycles. The topological polar surface area (TPSA) is 78.5 Å². The van der Waals surface area contributed by atoms with Crippen LogP contribution < -0.4 is 10.6 Å². The van der Waals surface area contributed by atoms with Gasteiger partial charge in [-0.15, -0.1) is 12.4 Å². The maximum Gasteiger partial charge on any atom is 0.255 e. The van der Waals surface area contributed by atoms with Gasteiger partial charge in [-0.05, 0) is 55.5 Å². The molecule has 0 saturated carbocycles. The maximum atomic E-state index is 14.6. The van der Waals surface area contributed by atoms with Crippen molar-refractivity contribution in [2.45, 2.75) is 44.2 Å². The summed E-state index contributed by atoms with van der Waals surface area (Å²) in [7, 11) is 0. The molecular weight excluding hydrogens is 361 g/mol. The Morgan fingerprint density at radius 1 is 1.08 bits per heavy atom. The summed E-state index contributed by atoms with van der Waals surface area (Å²) in [6.45, 7) is 2.02. The van der Waals surface area contributed by atoms with Crippen LogP contribution in [0, 0.1) is 5.82 Å². The molecule has 6 nitrogen and oxygen atoms in total. The van der Waals surface area contributed by atoms with Gasteiger partial charge in [0.1, 0.15) is 11.9 Å². The third-order valence-electron chi connectivity index (χ3n) is 5.42. The minimum absolute atomic E-state index is 0. The second-order valence-electron chi connectivity index (χ2n) is 6.96. The minimum Gasteiger partial charge on any atom is -0.322 e. The van der Waals surface area contributed by atoms with Crippen molar-refractivity contribution in [3.8, 4) is 0 Å². The number of fused-ring (bicyclic) bond motifs is 1. The van der Waals surface area contributed by atoms with Gasteiger partial charge < -0.3 is 10.2 Å². The van der Waals surface area contributed by atoms with Gasteiger partial charge in [0.05, 0.1) is 0 Å². The minimum atomic E-state index is -0.664. The summed E-state index contributed by atoms with van der Waals surface area (Å²) in [5.74, 6) is -1.28. The molecule has 1 atom stereocenters. The van der Waals surface area contributed by atoms with Gasteiger partial charge in [0.15, 0.2) is 0 Å². The number of carbonyl (C=O) groups excluding carboxylic acids is 3. The van der Waals surface area contributed by atoms with Gasteiger partial charge in [-0.3, -0.25) is 19.7 Å². The molecule has 4 rings (SSSR count). The Labute approximate surface area is 156 Å². The van der Waals surface area contributed by atoms with Crippen molar-refractivity contribution in [2.75, 3.05) is 13.1 Å². The lowest BCUT2D eigenvalue weighted by Gasteiger charge is -2.29. The van der Waals surface area contributed by atoms with Crippen molar-refractivity contribution in [3.05, 3.63) is 34.6 Å². The van der Waals surface area contributed by atoms with E-state index in [0.717, 1.165) is 31.5 Å². The summed E-state index contributed by atoms with van der Waals surface area (Å²) in [5.41, 5.74) is 1.77. The van der Waals surface area contributed by atoms with Crippen LogP contribution in [0.25, 0.3) is 0 Å². The lowest BCUT2D eigenvalue weighted by atomic mass is 9.88. The zero-order valence-electron chi connectivity index (χ0n) is 14.2. The number of carbonyl (C=O) groups is 3. The van der Waals surface area contributed by atoms with E-state index in [-0.39, 0.29) is 42.4 Å². The molecule has 1 aromatic rings. The fourth-order valence-corrected chi connectivity index (χ4v) is 4.05. The van der Waals surface area contributed by atoms with E-state index in [0.29, 0.717) is 24.1 Å². The van der Waals surface area contributed by atoms with Crippen LogP contribution in [0.4, 0.5) is 4.39 Å². The van der Waals surface area contributed by atoms with Crippen LogP contribution in [-0.4, -0.2) is 41.8 Å². The number of hydrogen-bond acceptors (Lipinski definition) is 4. The van der Waals surface area contributed by atoms with Gasteiger partial charge in [0.25, 0.3) is 5.91 Å². The molecule has 3 aliphatic heterocycles. The van der Waals surface area contributed by atoms with Crippen LogP contribution in [0.1, 0.15) is 53.1 Å². The molecule has 0 spiro atoms. The molecule has 0 radical (unpaired) electrons. The lowest BCUT2D eigenvalue weighted by Crippen LogP contribution is -2.52. The molecule has 140 valence electrons. The SMILES string of the molecule is Cl.O=C1CCC(N2Cc3cc(C4CCNCC4)c(F)cc3C2=O)C(=O)N1. The summed E-state index contributed by atoms with van der Waals surface area (Å²) in [6.07, 6.45) is 2.28. The number of imide groups is 1. The van der Waals surface area contributed by atoms with Gasteiger partial charge in [-0.2, -0.15) is 0 Å². The highest BCUT2D eigenvalue weighted by Crippen LogP contribution is 2.34. The molecule has 1 unspecified atom stereocenters. The second-order valence-corrected chi connectivity index (χ2v) is 6.96. The van der Waals surface area contributed by atoms with Gasteiger partial charge in [0, 0.05) is 18.5 Å². The molecule has 2 fully saturated rings.